The van der Waals surface area contributed by atoms with Crippen LogP contribution in [0.2, 0.25) is 0 Å². The third-order valence-electron chi connectivity index (χ3n) is 2.54. The minimum atomic E-state index is 0.542. The number of hydrogen-bond acceptors (Lipinski definition) is 3. The van der Waals surface area contributed by atoms with Crippen molar-refractivity contribution in [2.24, 2.45) is 0 Å². The van der Waals surface area contributed by atoms with Gasteiger partial charge in [0, 0.05) is 5.56 Å². The fourth-order valence-electron chi connectivity index (χ4n) is 1.49. The smallest absolute Gasteiger partial charge is 0.150 e. The summed E-state index contributed by atoms with van der Waals surface area (Å²) in [6.07, 6.45) is 1.57. The second-order valence-electron chi connectivity index (χ2n) is 4.20. The zero-order valence-electron chi connectivity index (χ0n) is 11.7. The van der Waals surface area contributed by atoms with Crippen molar-refractivity contribution in [3.8, 4) is 5.75 Å². The van der Waals surface area contributed by atoms with Gasteiger partial charge in [-0.1, -0.05) is 29.8 Å². The Morgan fingerprint density at radius 2 is 1.50 bits per heavy atom. The molecule has 20 heavy (non-hydrogen) atoms. The summed E-state index contributed by atoms with van der Waals surface area (Å²) < 4.78 is 5.62. The molecule has 0 saturated heterocycles. The van der Waals surface area contributed by atoms with Crippen LogP contribution >= 0.6 is 0 Å². The Labute approximate surface area is 119 Å². The van der Waals surface area contributed by atoms with Crippen molar-refractivity contribution in [1.82, 2.24) is 0 Å². The maximum atomic E-state index is 10.5. The molecular formula is C17H18O3. The number of hydrogen-bond donors (Lipinski definition) is 0. The second kappa shape index (κ2) is 8.64. The molecule has 0 radical (unpaired) electrons. The lowest BCUT2D eigenvalue weighted by Crippen LogP contribution is -1.95. The molecule has 0 aliphatic heterocycles. The van der Waals surface area contributed by atoms with Gasteiger partial charge in [-0.15, -0.1) is 0 Å². The molecule has 0 unspecified atom stereocenters. The van der Waals surface area contributed by atoms with Crippen molar-refractivity contribution in [3.63, 3.8) is 0 Å². The normalized spacial score (nSPS) is 9.10. The molecule has 0 saturated carbocycles. The summed E-state index contributed by atoms with van der Waals surface area (Å²) in [5, 5.41) is 0. The van der Waals surface area contributed by atoms with Crippen LogP contribution in [0.1, 0.15) is 28.4 Å². The average molecular weight is 270 g/mol. The van der Waals surface area contributed by atoms with E-state index in [9.17, 15) is 4.79 Å². The van der Waals surface area contributed by atoms with Crippen LogP contribution < -0.4 is 4.74 Å². The zero-order chi connectivity index (χ0) is 14.8. The Kier molecular flexibility index (Phi) is 6.76. The highest BCUT2D eigenvalue weighted by Gasteiger charge is 1.96. The van der Waals surface area contributed by atoms with Crippen molar-refractivity contribution >= 4 is 12.6 Å². The van der Waals surface area contributed by atoms with Gasteiger partial charge < -0.3 is 9.53 Å². The maximum Gasteiger partial charge on any atom is 0.150 e. The molecule has 0 amide bonds. The van der Waals surface area contributed by atoms with Crippen molar-refractivity contribution in [2.45, 2.75) is 20.5 Å². The molecule has 0 aromatic heterocycles. The van der Waals surface area contributed by atoms with E-state index < -0.39 is 0 Å². The number of rotatable bonds is 4. The first kappa shape index (κ1) is 15.6. The van der Waals surface area contributed by atoms with Crippen LogP contribution in [-0.2, 0) is 11.4 Å². The van der Waals surface area contributed by atoms with Gasteiger partial charge in [-0.3, -0.25) is 4.79 Å². The number of ether oxygens (including phenoxy) is 1. The fourth-order valence-corrected chi connectivity index (χ4v) is 1.49. The number of aryl methyl sites for hydroxylation is 1. The van der Waals surface area contributed by atoms with E-state index in [2.05, 4.69) is 31.2 Å². The molecule has 0 fully saturated rings. The van der Waals surface area contributed by atoms with Gasteiger partial charge in [-0.2, -0.15) is 0 Å². The zero-order valence-corrected chi connectivity index (χ0v) is 11.7. The van der Waals surface area contributed by atoms with E-state index in [0.717, 1.165) is 23.9 Å². The number of carbonyl (C=O) groups is 2. The summed E-state index contributed by atoms with van der Waals surface area (Å²) in [5.41, 5.74) is 3.03. The van der Waals surface area contributed by atoms with E-state index in [1.807, 2.05) is 0 Å². The highest BCUT2D eigenvalue weighted by atomic mass is 16.5. The van der Waals surface area contributed by atoms with Gasteiger partial charge in [0.1, 0.15) is 24.9 Å². The standard InChI is InChI=1S/C15H14O2.C2H4O/c1-12-2-4-14(5-3-12)11-17-15-8-6-13(10-16)7-9-15;1-2-3/h2-10H,11H2,1H3;2H,1H3. The third kappa shape index (κ3) is 5.48. The molecule has 104 valence electrons. The second-order valence-corrected chi connectivity index (χ2v) is 4.20. The highest BCUT2D eigenvalue weighted by molar-refractivity contribution is 5.74. The van der Waals surface area contributed by atoms with E-state index in [1.54, 1.807) is 24.3 Å². The summed E-state index contributed by atoms with van der Waals surface area (Å²) in [6.45, 7) is 4.05. The summed E-state index contributed by atoms with van der Waals surface area (Å²) >= 11 is 0. The third-order valence-corrected chi connectivity index (χ3v) is 2.54. The molecule has 0 bridgehead atoms. The summed E-state index contributed by atoms with van der Waals surface area (Å²) in [5.74, 6) is 0.774. The molecule has 3 nitrogen and oxygen atoms in total. The van der Waals surface area contributed by atoms with Crippen molar-refractivity contribution in [1.29, 1.82) is 0 Å². The van der Waals surface area contributed by atoms with Gasteiger partial charge in [0.25, 0.3) is 0 Å². The van der Waals surface area contributed by atoms with Crippen molar-refractivity contribution < 1.29 is 14.3 Å². The molecule has 2 rings (SSSR count). The van der Waals surface area contributed by atoms with Gasteiger partial charge in [0.2, 0.25) is 0 Å². The van der Waals surface area contributed by atoms with Crippen LogP contribution in [0.15, 0.2) is 48.5 Å². The van der Waals surface area contributed by atoms with Gasteiger partial charge >= 0.3 is 0 Å². The first-order valence-corrected chi connectivity index (χ1v) is 6.33. The highest BCUT2D eigenvalue weighted by Crippen LogP contribution is 2.13. The summed E-state index contributed by atoms with van der Waals surface area (Å²) in [4.78, 5) is 19.3. The summed E-state index contributed by atoms with van der Waals surface area (Å²) in [7, 11) is 0. The molecule has 0 aliphatic rings. The first-order chi connectivity index (χ1) is 9.69. The van der Waals surface area contributed by atoms with E-state index in [1.165, 1.54) is 12.5 Å². The molecule has 2 aromatic rings. The van der Waals surface area contributed by atoms with Crippen LogP contribution in [0.4, 0.5) is 0 Å². The Balaban J connectivity index is 0.000000612. The number of aldehydes is 2. The van der Waals surface area contributed by atoms with E-state index in [0.29, 0.717) is 12.2 Å². The molecule has 0 N–H and O–H groups in total. The Hall–Kier alpha value is -2.42. The van der Waals surface area contributed by atoms with Crippen LogP contribution in [0.25, 0.3) is 0 Å². The molecule has 0 spiro atoms. The maximum absolute atomic E-state index is 10.5. The van der Waals surface area contributed by atoms with E-state index in [4.69, 9.17) is 9.53 Å². The fraction of sp³-hybridized carbons (Fsp3) is 0.176. The minimum Gasteiger partial charge on any atom is -0.489 e. The van der Waals surface area contributed by atoms with Gasteiger partial charge in [0.15, 0.2) is 0 Å². The molecular weight excluding hydrogens is 252 g/mol. The van der Waals surface area contributed by atoms with Crippen LogP contribution in [0.5, 0.6) is 5.75 Å². The Bertz CT molecular complexity index is 527. The topological polar surface area (TPSA) is 43.4 Å². The van der Waals surface area contributed by atoms with E-state index >= 15 is 0 Å². The van der Waals surface area contributed by atoms with Crippen LogP contribution in [-0.4, -0.2) is 12.6 Å². The van der Waals surface area contributed by atoms with Gasteiger partial charge in [-0.05, 0) is 43.7 Å². The Morgan fingerprint density at radius 3 is 2.00 bits per heavy atom. The Morgan fingerprint density at radius 1 is 0.950 bits per heavy atom. The van der Waals surface area contributed by atoms with Crippen molar-refractivity contribution in [3.05, 3.63) is 65.2 Å². The monoisotopic (exact) mass is 270 g/mol. The average Bonchev–Trinajstić information content (AvgIpc) is 2.48. The largest absolute Gasteiger partial charge is 0.489 e. The molecule has 3 heteroatoms. The lowest BCUT2D eigenvalue weighted by Gasteiger charge is -2.06. The number of benzene rings is 2. The van der Waals surface area contributed by atoms with Crippen LogP contribution in [0, 0.1) is 6.92 Å². The van der Waals surface area contributed by atoms with E-state index in [-0.39, 0.29) is 0 Å². The lowest BCUT2D eigenvalue weighted by atomic mass is 10.2. The summed E-state index contributed by atoms with van der Waals surface area (Å²) in [6, 6.07) is 15.3. The molecule has 0 aliphatic carbocycles. The minimum absolute atomic E-state index is 0.542. The van der Waals surface area contributed by atoms with Gasteiger partial charge in [0.05, 0.1) is 0 Å². The molecule has 2 aromatic carbocycles. The predicted octanol–water partition coefficient (Wildman–Crippen LogP) is 3.59. The quantitative estimate of drug-likeness (QED) is 0.797. The number of carbonyl (C=O) groups excluding carboxylic acids is 2. The van der Waals surface area contributed by atoms with Gasteiger partial charge in [-0.25, -0.2) is 0 Å². The first-order valence-electron chi connectivity index (χ1n) is 6.33. The SMILES string of the molecule is CC=O.Cc1ccc(COc2ccc(C=O)cc2)cc1. The predicted molar refractivity (Wildman–Crippen MR) is 79.1 cm³/mol. The van der Waals surface area contributed by atoms with Crippen LogP contribution in [0.3, 0.4) is 0 Å². The van der Waals surface area contributed by atoms with Crippen molar-refractivity contribution in [2.75, 3.05) is 0 Å². The molecule has 0 atom stereocenters. The molecule has 0 heterocycles. The lowest BCUT2D eigenvalue weighted by molar-refractivity contribution is -0.106.